The Morgan fingerprint density at radius 1 is 1.53 bits per heavy atom. The average molecular weight is 301 g/mol. The molecule has 1 unspecified atom stereocenters. The molecule has 1 fully saturated rings. The van der Waals surface area contributed by atoms with Crippen LogP contribution in [0.2, 0.25) is 5.02 Å². The van der Waals surface area contributed by atoms with Crippen molar-refractivity contribution in [2.24, 2.45) is 5.92 Å². The van der Waals surface area contributed by atoms with E-state index in [-0.39, 0.29) is 5.02 Å². The highest BCUT2D eigenvalue weighted by atomic mass is 35.5. The lowest BCUT2D eigenvalue weighted by molar-refractivity contribution is 0.0486. The summed E-state index contributed by atoms with van der Waals surface area (Å²) in [6.45, 7) is 2.32. The summed E-state index contributed by atoms with van der Waals surface area (Å²) >= 11 is 11.1. The van der Waals surface area contributed by atoms with Gasteiger partial charge in [0.15, 0.2) is 4.77 Å². The topological polar surface area (TPSA) is 29.9 Å². The van der Waals surface area contributed by atoms with Crippen LogP contribution in [-0.2, 0) is 11.3 Å². The maximum absolute atomic E-state index is 13.6. The monoisotopic (exact) mass is 300 g/mol. The molecule has 0 aliphatic carbocycles. The molecule has 2 aromatic rings. The van der Waals surface area contributed by atoms with Crippen molar-refractivity contribution in [3.63, 3.8) is 0 Å². The highest BCUT2D eigenvalue weighted by Gasteiger charge is 2.17. The summed E-state index contributed by atoms with van der Waals surface area (Å²) in [6.07, 6.45) is 2.19. The van der Waals surface area contributed by atoms with E-state index in [4.69, 9.17) is 28.6 Å². The van der Waals surface area contributed by atoms with Gasteiger partial charge in [-0.2, -0.15) is 0 Å². The highest BCUT2D eigenvalue weighted by molar-refractivity contribution is 7.71. The SMILES string of the molecule is Fc1cc2c(cc1Cl)[nH]c(=S)n2CC1CCCOC1. The van der Waals surface area contributed by atoms with Gasteiger partial charge in [-0.15, -0.1) is 0 Å². The first-order chi connectivity index (χ1) is 9.15. The van der Waals surface area contributed by atoms with Crippen LogP contribution in [0.4, 0.5) is 4.39 Å². The summed E-state index contributed by atoms with van der Waals surface area (Å²) in [5.41, 5.74) is 1.53. The molecule has 1 aliphatic heterocycles. The van der Waals surface area contributed by atoms with Gasteiger partial charge in [0.2, 0.25) is 0 Å². The second kappa shape index (κ2) is 5.23. The van der Waals surface area contributed by atoms with Crippen LogP contribution in [0.15, 0.2) is 12.1 Å². The van der Waals surface area contributed by atoms with Crippen LogP contribution in [-0.4, -0.2) is 22.8 Å². The lowest BCUT2D eigenvalue weighted by Gasteiger charge is -2.22. The van der Waals surface area contributed by atoms with Crippen LogP contribution in [0.1, 0.15) is 12.8 Å². The van der Waals surface area contributed by atoms with Gasteiger partial charge in [0, 0.05) is 25.1 Å². The number of benzene rings is 1. The fourth-order valence-corrected chi connectivity index (χ4v) is 2.99. The smallest absolute Gasteiger partial charge is 0.178 e. The number of hydrogen-bond donors (Lipinski definition) is 1. The lowest BCUT2D eigenvalue weighted by atomic mass is 10.0. The van der Waals surface area contributed by atoms with Crippen molar-refractivity contribution < 1.29 is 9.13 Å². The third-order valence-electron chi connectivity index (χ3n) is 3.51. The van der Waals surface area contributed by atoms with Gasteiger partial charge >= 0.3 is 0 Å². The fourth-order valence-electron chi connectivity index (χ4n) is 2.54. The van der Waals surface area contributed by atoms with Crippen LogP contribution in [0.5, 0.6) is 0 Å². The molecule has 0 saturated carbocycles. The van der Waals surface area contributed by atoms with E-state index in [9.17, 15) is 4.39 Å². The molecule has 1 atom stereocenters. The molecular weight excluding hydrogens is 287 g/mol. The number of fused-ring (bicyclic) bond motifs is 1. The number of ether oxygens (including phenoxy) is 1. The van der Waals surface area contributed by atoms with Crippen LogP contribution in [0.25, 0.3) is 11.0 Å². The largest absolute Gasteiger partial charge is 0.381 e. The number of aromatic nitrogens is 2. The molecule has 0 spiro atoms. The van der Waals surface area contributed by atoms with Gasteiger partial charge in [-0.25, -0.2) is 4.39 Å². The molecule has 0 bridgehead atoms. The summed E-state index contributed by atoms with van der Waals surface area (Å²) < 4.78 is 21.6. The van der Waals surface area contributed by atoms with Gasteiger partial charge in [0.1, 0.15) is 5.82 Å². The molecule has 2 heterocycles. The molecule has 3 nitrogen and oxygen atoms in total. The molecule has 6 heteroatoms. The number of imidazole rings is 1. The molecule has 3 rings (SSSR count). The zero-order chi connectivity index (χ0) is 13.4. The Bertz CT molecular complexity index is 660. The molecule has 0 radical (unpaired) electrons. The maximum atomic E-state index is 13.6. The predicted molar refractivity (Wildman–Crippen MR) is 75.6 cm³/mol. The van der Waals surface area contributed by atoms with Crippen LogP contribution >= 0.6 is 23.8 Å². The van der Waals surface area contributed by atoms with E-state index in [0.717, 1.165) is 43.6 Å². The molecule has 1 aromatic heterocycles. The zero-order valence-corrected chi connectivity index (χ0v) is 11.9. The van der Waals surface area contributed by atoms with E-state index in [0.29, 0.717) is 10.7 Å². The standard InChI is InChI=1S/C13H14ClFN2OS/c14-9-4-11-12(5-10(9)15)17(13(19)16-11)6-8-2-1-3-18-7-8/h4-5,8H,1-3,6-7H2,(H,16,19). The molecule has 1 aliphatic rings. The third kappa shape index (κ3) is 2.55. The Kier molecular flexibility index (Phi) is 3.60. The minimum atomic E-state index is -0.420. The van der Waals surface area contributed by atoms with Gasteiger partial charge in [-0.3, -0.25) is 0 Å². The minimum absolute atomic E-state index is 0.108. The Morgan fingerprint density at radius 2 is 2.37 bits per heavy atom. The second-order valence-electron chi connectivity index (χ2n) is 4.91. The third-order valence-corrected chi connectivity index (χ3v) is 4.12. The highest BCUT2D eigenvalue weighted by Crippen LogP contribution is 2.25. The number of aromatic amines is 1. The van der Waals surface area contributed by atoms with E-state index in [1.54, 1.807) is 6.07 Å². The average Bonchev–Trinajstić information content (AvgIpc) is 2.68. The molecule has 19 heavy (non-hydrogen) atoms. The molecule has 0 amide bonds. The minimum Gasteiger partial charge on any atom is -0.381 e. The van der Waals surface area contributed by atoms with Crippen molar-refractivity contribution in [1.29, 1.82) is 0 Å². The van der Waals surface area contributed by atoms with Crippen molar-refractivity contribution >= 4 is 34.9 Å². The predicted octanol–water partition coefficient (Wildman–Crippen LogP) is 3.92. The number of hydrogen-bond acceptors (Lipinski definition) is 2. The first kappa shape index (κ1) is 13.1. The second-order valence-corrected chi connectivity index (χ2v) is 5.70. The summed E-state index contributed by atoms with van der Waals surface area (Å²) in [4.78, 5) is 3.07. The summed E-state index contributed by atoms with van der Waals surface area (Å²) in [6, 6.07) is 3.02. The number of halogens is 2. The van der Waals surface area contributed by atoms with Gasteiger partial charge in [0.25, 0.3) is 0 Å². The first-order valence-corrected chi connectivity index (χ1v) is 7.09. The number of H-pyrrole nitrogens is 1. The van der Waals surface area contributed by atoms with Crippen molar-refractivity contribution in [2.75, 3.05) is 13.2 Å². The maximum Gasteiger partial charge on any atom is 0.178 e. The molecule has 1 saturated heterocycles. The molecule has 1 N–H and O–H groups in total. The van der Waals surface area contributed by atoms with Crippen molar-refractivity contribution in [3.8, 4) is 0 Å². The van der Waals surface area contributed by atoms with Gasteiger partial charge in [-0.05, 0) is 31.1 Å². The number of rotatable bonds is 2. The number of nitrogens with one attached hydrogen (secondary N) is 1. The lowest BCUT2D eigenvalue weighted by Crippen LogP contribution is -2.22. The quantitative estimate of drug-likeness (QED) is 0.852. The fraction of sp³-hybridized carbons (Fsp3) is 0.462. The van der Waals surface area contributed by atoms with E-state index < -0.39 is 5.82 Å². The van der Waals surface area contributed by atoms with E-state index in [1.807, 2.05) is 4.57 Å². The van der Waals surface area contributed by atoms with Crippen molar-refractivity contribution in [3.05, 3.63) is 27.7 Å². The molecule has 1 aromatic carbocycles. The number of nitrogens with zero attached hydrogens (tertiary/aromatic N) is 1. The van der Waals surface area contributed by atoms with Gasteiger partial charge in [-0.1, -0.05) is 11.6 Å². The van der Waals surface area contributed by atoms with Crippen LogP contribution in [0, 0.1) is 16.5 Å². The van der Waals surface area contributed by atoms with Crippen molar-refractivity contribution in [2.45, 2.75) is 19.4 Å². The Morgan fingerprint density at radius 3 is 3.11 bits per heavy atom. The molecule has 102 valence electrons. The molecular formula is C13H14ClFN2OS. The van der Waals surface area contributed by atoms with E-state index >= 15 is 0 Å². The van der Waals surface area contributed by atoms with Gasteiger partial charge in [0.05, 0.1) is 22.7 Å². The van der Waals surface area contributed by atoms with Crippen molar-refractivity contribution in [1.82, 2.24) is 9.55 Å². The first-order valence-electron chi connectivity index (χ1n) is 6.30. The summed E-state index contributed by atoms with van der Waals surface area (Å²) in [5.74, 6) is 0.00926. The Balaban J connectivity index is 2.00. The van der Waals surface area contributed by atoms with Gasteiger partial charge < -0.3 is 14.3 Å². The summed E-state index contributed by atoms with van der Waals surface area (Å²) in [7, 11) is 0. The summed E-state index contributed by atoms with van der Waals surface area (Å²) in [5, 5.41) is 0.108. The normalized spacial score (nSPS) is 20.0. The Hall–Kier alpha value is -0.910. The van der Waals surface area contributed by atoms with Crippen LogP contribution < -0.4 is 0 Å². The van der Waals surface area contributed by atoms with E-state index in [1.165, 1.54) is 6.07 Å². The van der Waals surface area contributed by atoms with Crippen LogP contribution in [0.3, 0.4) is 0 Å². The zero-order valence-electron chi connectivity index (χ0n) is 10.3. The van der Waals surface area contributed by atoms with E-state index in [2.05, 4.69) is 4.98 Å². The Labute approximate surface area is 120 Å².